The summed E-state index contributed by atoms with van der Waals surface area (Å²) in [7, 11) is 1.63. The van der Waals surface area contributed by atoms with Crippen LogP contribution in [-0.2, 0) is 17.8 Å². The molecule has 148 valence electrons. The molecule has 2 aromatic heterocycles. The molecule has 3 rings (SSSR count). The number of hydrogen-bond donors (Lipinski definition) is 0. The fourth-order valence-corrected chi connectivity index (χ4v) is 3.12. The Morgan fingerprint density at radius 3 is 2.50 bits per heavy atom. The summed E-state index contributed by atoms with van der Waals surface area (Å²) in [4.78, 5) is 19.0. The quantitative estimate of drug-likeness (QED) is 0.551. The number of pyridine rings is 1. The number of imidazole rings is 1. The van der Waals surface area contributed by atoms with Crippen molar-refractivity contribution in [2.45, 2.75) is 39.5 Å². The van der Waals surface area contributed by atoms with E-state index in [1.807, 2.05) is 67.8 Å². The van der Waals surface area contributed by atoms with E-state index in [-0.39, 0.29) is 6.09 Å². The molecule has 0 unspecified atom stereocenters. The molecule has 0 aliphatic rings. The molecule has 0 spiro atoms. The first-order chi connectivity index (χ1) is 13.2. The van der Waals surface area contributed by atoms with Crippen molar-refractivity contribution < 1.29 is 14.3 Å². The van der Waals surface area contributed by atoms with Gasteiger partial charge in [-0.2, -0.15) is 0 Å². The second-order valence-corrected chi connectivity index (χ2v) is 8.43. The van der Waals surface area contributed by atoms with Crippen LogP contribution in [0.5, 0.6) is 5.75 Å². The molecule has 7 heteroatoms. The largest absolute Gasteiger partial charge is 0.497 e. The van der Waals surface area contributed by atoms with Gasteiger partial charge in [-0.15, -0.1) is 0 Å². The molecule has 0 aliphatic carbocycles. The summed E-state index contributed by atoms with van der Waals surface area (Å²) in [5.74, 6) is 0.777. The van der Waals surface area contributed by atoms with Crippen LogP contribution in [0.15, 0.2) is 53.3 Å². The van der Waals surface area contributed by atoms with Gasteiger partial charge in [0.1, 0.15) is 17.0 Å². The Hall–Kier alpha value is -2.54. The molecule has 0 N–H and O–H groups in total. The maximum Gasteiger partial charge on any atom is 0.410 e. The molecule has 0 bridgehead atoms. The molecule has 1 amide bonds. The third-order valence-electron chi connectivity index (χ3n) is 4.08. The molecular formula is C21H24BrN3O3. The normalized spacial score (nSPS) is 11.5. The molecular weight excluding hydrogens is 422 g/mol. The van der Waals surface area contributed by atoms with E-state index in [2.05, 4.69) is 20.9 Å². The van der Waals surface area contributed by atoms with Crippen molar-refractivity contribution in [3.05, 3.63) is 64.5 Å². The monoisotopic (exact) mass is 445 g/mol. The third-order valence-corrected chi connectivity index (χ3v) is 4.55. The van der Waals surface area contributed by atoms with E-state index < -0.39 is 5.60 Å². The summed E-state index contributed by atoms with van der Waals surface area (Å²) in [6.45, 7) is 6.38. The van der Waals surface area contributed by atoms with Crippen molar-refractivity contribution >= 4 is 27.7 Å². The number of nitrogens with zero attached hydrogens (tertiary/aromatic N) is 3. The highest BCUT2D eigenvalue weighted by Gasteiger charge is 2.23. The molecule has 0 saturated heterocycles. The van der Waals surface area contributed by atoms with Gasteiger partial charge >= 0.3 is 6.09 Å². The number of rotatable bonds is 5. The standard InChI is InChI=1S/C21H24BrN3O3/c1-21(2,3)28-20(26)24(12-15-5-8-18(27-4)9-6-15)14-17-11-23-19-10-7-16(22)13-25(17)19/h5-11,13H,12,14H2,1-4H3. The lowest BCUT2D eigenvalue weighted by Crippen LogP contribution is -2.36. The molecule has 0 fully saturated rings. The van der Waals surface area contributed by atoms with Crippen LogP contribution >= 0.6 is 15.9 Å². The van der Waals surface area contributed by atoms with Crippen LogP contribution in [0.2, 0.25) is 0 Å². The fraction of sp³-hybridized carbons (Fsp3) is 0.333. The van der Waals surface area contributed by atoms with E-state index in [0.717, 1.165) is 27.1 Å². The van der Waals surface area contributed by atoms with Crippen LogP contribution in [0.25, 0.3) is 5.65 Å². The lowest BCUT2D eigenvalue weighted by Gasteiger charge is -2.27. The van der Waals surface area contributed by atoms with Crippen LogP contribution in [0.3, 0.4) is 0 Å². The van der Waals surface area contributed by atoms with Crippen molar-refractivity contribution in [3.63, 3.8) is 0 Å². The van der Waals surface area contributed by atoms with Crippen molar-refractivity contribution in [2.75, 3.05) is 7.11 Å². The Bertz CT molecular complexity index is 961. The van der Waals surface area contributed by atoms with Gasteiger partial charge in [0.25, 0.3) is 0 Å². The number of halogens is 1. The zero-order valence-corrected chi connectivity index (χ0v) is 18.1. The van der Waals surface area contributed by atoms with Crippen LogP contribution in [0.4, 0.5) is 4.79 Å². The summed E-state index contributed by atoms with van der Waals surface area (Å²) in [5.41, 5.74) is 2.14. The zero-order chi connectivity index (χ0) is 20.3. The third kappa shape index (κ3) is 5.04. The first kappa shape index (κ1) is 20.2. The van der Waals surface area contributed by atoms with Gasteiger partial charge in [0.2, 0.25) is 0 Å². The number of ether oxygens (including phenoxy) is 2. The summed E-state index contributed by atoms with van der Waals surface area (Å²) >= 11 is 3.49. The molecule has 3 aromatic rings. The molecule has 0 radical (unpaired) electrons. The summed E-state index contributed by atoms with van der Waals surface area (Å²) in [6, 6.07) is 11.5. The molecule has 0 saturated carbocycles. The van der Waals surface area contributed by atoms with Crippen molar-refractivity contribution in [1.29, 1.82) is 0 Å². The number of methoxy groups -OCH3 is 1. The predicted molar refractivity (Wildman–Crippen MR) is 111 cm³/mol. The molecule has 1 aromatic carbocycles. The average Bonchev–Trinajstić information content (AvgIpc) is 3.02. The van der Waals surface area contributed by atoms with Crippen molar-refractivity contribution in [3.8, 4) is 5.75 Å². The van der Waals surface area contributed by atoms with Gasteiger partial charge in [-0.25, -0.2) is 9.78 Å². The Labute approximate surface area is 173 Å². The minimum absolute atomic E-state index is 0.367. The fourth-order valence-electron chi connectivity index (χ4n) is 2.78. The first-order valence-corrected chi connectivity index (χ1v) is 9.77. The lowest BCUT2D eigenvalue weighted by atomic mass is 10.2. The lowest BCUT2D eigenvalue weighted by molar-refractivity contribution is 0.0213. The number of carbonyl (C=O) groups is 1. The predicted octanol–water partition coefficient (Wildman–Crippen LogP) is 5.04. The maximum absolute atomic E-state index is 12.9. The van der Waals surface area contributed by atoms with Gasteiger partial charge in [0, 0.05) is 17.2 Å². The number of amides is 1. The van der Waals surface area contributed by atoms with Crippen LogP contribution in [0, 0.1) is 0 Å². The van der Waals surface area contributed by atoms with Crippen LogP contribution < -0.4 is 4.74 Å². The minimum Gasteiger partial charge on any atom is -0.497 e. The summed E-state index contributed by atoms with van der Waals surface area (Å²) in [6.07, 6.45) is 3.36. The number of benzene rings is 1. The highest BCUT2D eigenvalue weighted by molar-refractivity contribution is 9.10. The zero-order valence-electron chi connectivity index (χ0n) is 16.5. The summed E-state index contributed by atoms with van der Waals surface area (Å²) < 4.78 is 13.7. The van der Waals surface area contributed by atoms with Gasteiger partial charge in [0.15, 0.2) is 0 Å². The molecule has 28 heavy (non-hydrogen) atoms. The smallest absolute Gasteiger partial charge is 0.410 e. The van der Waals surface area contributed by atoms with E-state index in [1.165, 1.54) is 0 Å². The molecule has 6 nitrogen and oxygen atoms in total. The SMILES string of the molecule is COc1ccc(CN(Cc2cnc3ccc(Br)cn23)C(=O)OC(C)(C)C)cc1. The Kier molecular flexibility index (Phi) is 5.93. The Balaban J connectivity index is 1.88. The summed E-state index contributed by atoms with van der Waals surface area (Å²) in [5, 5.41) is 0. The van der Waals surface area contributed by atoms with Gasteiger partial charge in [-0.1, -0.05) is 12.1 Å². The van der Waals surface area contributed by atoms with Gasteiger partial charge in [-0.3, -0.25) is 4.90 Å². The van der Waals surface area contributed by atoms with Crippen molar-refractivity contribution in [2.24, 2.45) is 0 Å². The second kappa shape index (κ2) is 8.22. The first-order valence-electron chi connectivity index (χ1n) is 8.97. The topological polar surface area (TPSA) is 56.1 Å². The minimum atomic E-state index is -0.572. The molecule has 2 heterocycles. The van der Waals surface area contributed by atoms with Crippen LogP contribution in [-0.4, -0.2) is 33.1 Å². The average molecular weight is 446 g/mol. The van der Waals surface area contributed by atoms with Gasteiger partial charge < -0.3 is 13.9 Å². The van der Waals surface area contributed by atoms with E-state index in [0.29, 0.717) is 13.1 Å². The maximum atomic E-state index is 12.9. The number of aromatic nitrogens is 2. The number of fused-ring (bicyclic) bond motifs is 1. The highest BCUT2D eigenvalue weighted by Crippen LogP contribution is 2.20. The second-order valence-electron chi connectivity index (χ2n) is 7.51. The van der Waals surface area contributed by atoms with Crippen LogP contribution in [0.1, 0.15) is 32.0 Å². The van der Waals surface area contributed by atoms with E-state index in [9.17, 15) is 4.79 Å². The van der Waals surface area contributed by atoms with Gasteiger partial charge in [0.05, 0.1) is 25.5 Å². The van der Waals surface area contributed by atoms with Gasteiger partial charge in [-0.05, 0) is 66.5 Å². The Morgan fingerprint density at radius 1 is 1.14 bits per heavy atom. The van der Waals surface area contributed by atoms with E-state index >= 15 is 0 Å². The Morgan fingerprint density at radius 2 is 1.86 bits per heavy atom. The highest BCUT2D eigenvalue weighted by atomic mass is 79.9. The molecule has 0 atom stereocenters. The van der Waals surface area contributed by atoms with E-state index in [4.69, 9.17) is 9.47 Å². The molecule has 0 aliphatic heterocycles. The van der Waals surface area contributed by atoms with E-state index in [1.54, 1.807) is 18.2 Å². The number of hydrogen-bond acceptors (Lipinski definition) is 4. The number of carbonyl (C=O) groups excluding carboxylic acids is 1. The van der Waals surface area contributed by atoms with Crippen molar-refractivity contribution in [1.82, 2.24) is 14.3 Å².